The summed E-state index contributed by atoms with van der Waals surface area (Å²) in [6, 6.07) is 7.94. The third kappa shape index (κ3) is 4.75. The van der Waals surface area contributed by atoms with Crippen LogP contribution >= 0.6 is 0 Å². The predicted octanol–water partition coefficient (Wildman–Crippen LogP) is 3.44. The quantitative estimate of drug-likeness (QED) is 0.673. The molecule has 0 aliphatic heterocycles. The van der Waals surface area contributed by atoms with Gasteiger partial charge >= 0.3 is 6.36 Å². The summed E-state index contributed by atoms with van der Waals surface area (Å²) >= 11 is 0. The van der Waals surface area contributed by atoms with Gasteiger partial charge in [0.05, 0.1) is 25.6 Å². The van der Waals surface area contributed by atoms with Gasteiger partial charge in [-0.2, -0.15) is 5.10 Å². The molecular weight excluding hydrogens is 393 g/mol. The zero-order valence-corrected chi connectivity index (χ0v) is 15.2. The first-order chi connectivity index (χ1) is 13.8. The molecule has 1 N–H and O–H groups in total. The normalized spacial score (nSPS) is 11.1. The van der Waals surface area contributed by atoms with E-state index in [2.05, 4.69) is 20.1 Å². The van der Waals surface area contributed by atoms with Gasteiger partial charge in [-0.25, -0.2) is 9.67 Å². The summed E-state index contributed by atoms with van der Waals surface area (Å²) in [5, 5.41) is 6.49. The van der Waals surface area contributed by atoms with Crippen molar-refractivity contribution in [2.24, 2.45) is 0 Å². The highest BCUT2D eigenvalue weighted by Gasteiger charge is 2.31. The number of hydrogen-bond donors (Lipinski definition) is 1. The number of methoxy groups -OCH3 is 2. The predicted molar refractivity (Wildman–Crippen MR) is 95.5 cm³/mol. The second kappa shape index (κ2) is 8.09. The Balaban J connectivity index is 1.95. The molecule has 0 fully saturated rings. The van der Waals surface area contributed by atoms with Crippen molar-refractivity contribution >= 4 is 11.6 Å². The van der Waals surface area contributed by atoms with E-state index < -0.39 is 18.0 Å². The number of hydrogen-bond acceptors (Lipinski definition) is 6. The van der Waals surface area contributed by atoms with Crippen LogP contribution in [-0.4, -0.2) is 41.3 Å². The van der Waals surface area contributed by atoms with E-state index in [0.717, 1.165) is 12.1 Å². The fourth-order valence-electron chi connectivity index (χ4n) is 2.52. The maximum absolute atomic E-state index is 12.7. The summed E-state index contributed by atoms with van der Waals surface area (Å²) in [6.07, 6.45) is -2.29. The van der Waals surface area contributed by atoms with Crippen molar-refractivity contribution in [1.29, 1.82) is 0 Å². The first-order valence-electron chi connectivity index (χ1n) is 8.09. The minimum Gasteiger partial charge on any atom is -0.493 e. The van der Waals surface area contributed by atoms with Gasteiger partial charge in [0.15, 0.2) is 11.5 Å². The van der Waals surface area contributed by atoms with Crippen LogP contribution in [-0.2, 0) is 0 Å². The lowest BCUT2D eigenvalue weighted by molar-refractivity contribution is -0.274. The van der Waals surface area contributed by atoms with Gasteiger partial charge in [-0.05, 0) is 30.3 Å². The number of benzene rings is 2. The van der Waals surface area contributed by atoms with E-state index in [4.69, 9.17) is 9.47 Å². The highest BCUT2D eigenvalue weighted by Crippen LogP contribution is 2.31. The SMILES string of the molecule is COc1ccc(C(=O)Nc2cc(OC(F)(F)F)ccc2-n2cncn2)cc1OC. The van der Waals surface area contributed by atoms with Crippen molar-refractivity contribution in [3.8, 4) is 22.9 Å². The zero-order chi connectivity index (χ0) is 21.0. The summed E-state index contributed by atoms with van der Waals surface area (Å²) in [6.45, 7) is 0. The monoisotopic (exact) mass is 408 g/mol. The second-order valence-electron chi connectivity index (χ2n) is 5.59. The number of anilines is 1. The van der Waals surface area contributed by atoms with Gasteiger partial charge in [0.1, 0.15) is 18.4 Å². The Bertz CT molecular complexity index is 1010. The fraction of sp³-hybridized carbons (Fsp3) is 0.167. The molecule has 11 heteroatoms. The minimum absolute atomic E-state index is 0.0389. The molecule has 0 aliphatic rings. The van der Waals surface area contributed by atoms with E-state index in [1.165, 1.54) is 55.8 Å². The van der Waals surface area contributed by atoms with E-state index in [-0.39, 0.29) is 11.3 Å². The average molecular weight is 408 g/mol. The van der Waals surface area contributed by atoms with Crippen LogP contribution in [0.5, 0.6) is 17.2 Å². The standard InChI is InChI=1S/C18H15F3N4O4/c1-27-15-6-3-11(7-16(15)28-2)17(26)24-13-8-12(29-18(19,20)21)4-5-14(13)25-10-22-9-23-25/h3-10H,1-2H3,(H,24,26). The van der Waals surface area contributed by atoms with Crippen LogP contribution in [0, 0.1) is 0 Å². The summed E-state index contributed by atoms with van der Waals surface area (Å²) in [5.74, 6) is -0.334. The molecule has 0 unspecified atom stereocenters. The van der Waals surface area contributed by atoms with Gasteiger partial charge in [-0.3, -0.25) is 4.79 Å². The molecule has 3 aromatic rings. The Morgan fingerprint density at radius 2 is 1.83 bits per heavy atom. The van der Waals surface area contributed by atoms with E-state index in [9.17, 15) is 18.0 Å². The van der Waals surface area contributed by atoms with Crippen molar-refractivity contribution in [3.63, 3.8) is 0 Å². The minimum atomic E-state index is -4.88. The van der Waals surface area contributed by atoms with Crippen LogP contribution in [0.25, 0.3) is 5.69 Å². The van der Waals surface area contributed by atoms with Crippen LogP contribution < -0.4 is 19.5 Å². The van der Waals surface area contributed by atoms with Crippen molar-refractivity contribution in [3.05, 3.63) is 54.6 Å². The van der Waals surface area contributed by atoms with Gasteiger partial charge in [0, 0.05) is 11.6 Å². The van der Waals surface area contributed by atoms with Crippen LogP contribution in [0.3, 0.4) is 0 Å². The molecule has 3 rings (SSSR count). The van der Waals surface area contributed by atoms with Crippen LogP contribution in [0.1, 0.15) is 10.4 Å². The number of rotatable bonds is 6. The Morgan fingerprint density at radius 3 is 2.45 bits per heavy atom. The highest BCUT2D eigenvalue weighted by atomic mass is 19.4. The van der Waals surface area contributed by atoms with Crippen molar-refractivity contribution in [1.82, 2.24) is 14.8 Å². The third-order valence-corrected chi connectivity index (χ3v) is 3.76. The number of carbonyl (C=O) groups excluding carboxylic acids is 1. The molecule has 152 valence electrons. The van der Waals surface area contributed by atoms with Gasteiger partial charge in [-0.1, -0.05) is 0 Å². The number of nitrogens with zero attached hydrogens (tertiary/aromatic N) is 3. The Morgan fingerprint density at radius 1 is 1.07 bits per heavy atom. The maximum Gasteiger partial charge on any atom is 0.573 e. The zero-order valence-electron chi connectivity index (χ0n) is 15.2. The van der Waals surface area contributed by atoms with Crippen molar-refractivity contribution in [2.45, 2.75) is 6.36 Å². The van der Waals surface area contributed by atoms with Crippen LogP contribution in [0.2, 0.25) is 0 Å². The average Bonchev–Trinajstić information content (AvgIpc) is 3.20. The summed E-state index contributed by atoms with van der Waals surface area (Å²) in [4.78, 5) is 16.5. The summed E-state index contributed by atoms with van der Waals surface area (Å²) < 4.78 is 53.2. The van der Waals surface area contributed by atoms with Gasteiger partial charge in [0.2, 0.25) is 0 Å². The Labute approximate surface area is 162 Å². The highest BCUT2D eigenvalue weighted by molar-refractivity contribution is 6.05. The number of carbonyl (C=O) groups is 1. The van der Waals surface area contributed by atoms with Gasteiger partial charge in [-0.15, -0.1) is 13.2 Å². The lowest BCUT2D eigenvalue weighted by Crippen LogP contribution is -2.18. The molecule has 0 bridgehead atoms. The van der Waals surface area contributed by atoms with E-state index in [1.54, 1.807) is 0 Å². The molecule has 1 heterocycles. The van der Waals surface area contributed by atoms with Gasteiger partial charge in [0.25, 0.3) is 5.91 Å². The number of amides is 1. The lowest BCUT2D eigenvalue weighted by Gasteiger charge is -2.15. The molecule has 1 amide bonds. The molecule has 0 spiro atoms. The molecule has 0 aliphatic carbocycles. The molecule has 0 radical (unpaired) electrons. The molecular formula is C18H15F3N4O4. The summed E-state index contributed by atoms with van der Waals surface area (Å²) in [5.41, 5.74) is 0.539. The number of ether oxygens (including phenoxy) is 3. The first-order valence-corrected chi connectivity index (χ1v) is 8.09. The summed E-state index contributed by atoms with van der Waals surface area (Å²) in [7, 11) is 2.87. The number of aromatic nitrogens is 3. The number of halogens is 3. The van der Waals surface area contributed by atoms with Crippen molar-refractivity contribution < 1.29 is 32.2 Å². The molecule has 0 saturated carbocycles. The van der Waals surface area contributed by atoms with E-state index in [1.807, 2.05) is 0 Å². The van der Waals surface area contributed by atoms with Gasteiger partial charge < -0.3 is 19.5 Å². The topological polar surface area (TPSA) is 87.5 Å². The maximum atomic E-state index is 12.7. The van der Waals surface area contributed by atoms with E-state index in [0.29, 0.717) is 17.2 Å². The van der Waals surface area contributed by atoms with Crippen LogP contribution in [0.4, 0.5) is 18.9 Å². The Hall–Kier alpha value is -3.76. The molecule has 2 aromatic carbocycles. The molecule has 1 aromatic heterocycles. The molecule has 0 saturated heterocycles. The third-order valence-electron chi connectivity index (χ3n) is 3.76. The largest absolute Gasteiger partial charge is 0.573 e. The fourth-order valence-corrected chi connectivity index (χ4v) is 2.52. The number of nitrogens with one attached hydrogen (secondary N) is 1. The molecule has 8 nitrogen and oxygen atoms in total. The van der Waals surface area contributed by atoms with Crippen LogP contribution in [0.15, 0.2) is 49.1 Å². The lowest BCUT2D eigenvalue weighted by atomic mass is 10.1. The molecule has 0 atom stereocenters. The second-order valence-corrected chi connectivity index (χ2v) is 5.59. The van der Waals surface area contributed by atoms with E-state index >= 15 is 0 Å². The first kappa shape index (κ1) is 20.0. The number of alkyl halides is 3. The van der Waals surface area contributed by atoms with Crippen molar-refractivity contribution in [2.75, 3.05) is 19.5 Å². The smallest absolute Gasteiger partial charge is 0.493 e. The molecule has 29 heavy (non-hydrogen) atoms. The Kier molecular flexibility index (Phi) is 5.57.